The van der Waals surface area contributed by atoms with E-state index in [2.05, 4.69) is 29.3 Å². The van der Waals surface area contributed by atoms with Crippen molar-refractivity contribution in [2.24, 2.45) is 0 Å². The number of H-pyrrole nitrogens is 1. The third-order valence-corrected chi connectivity index (χ3v) is 3.49. The number of phenolic OH excluding ortho intramolecular Hbond substituents is 1. The van der Waals surface area contributed by atoms with Gasteiger partial charge in [-0.25, -0.2) is 4.39 Å². The Hall–Kier alpha value is -2.62. The van der Waals surface area contributed by atoms with E-state index in [1.807, 2.05) is 12.1 Å². The molecule has 3 aromatic rings. The molecule has 0 fully saturated rings. The van der Waals surface area contributed by atoms with Crippen molar-refractivity contribution >= 4 is 0 Å². The fourth-order valence-corrected chi connectivity index (χ4v) is 2.24. The Kier molecular flexibility index (Phi) is 3.44. The Morgan fingerprint density at radius 1 is 1.10 bits per heavy atom. The molecule has 106 valence electrons. The van der Waals surface area contributed by atoms with Crippen LogP contribution < -0.4 is 0 Å². The highest BCUT2D eigenvalue weighted by atomic mass is 19.1. The van der Waals surface area contributed by atoms with Crippen LogP contribution in [0, 0.1) is 5.82 Å². The number of rotatable bonds is 3. The zero-order valence-electron chi connectivity index (χ0n) is 11.6. The van der Waals surface area contributed by atoms with E-state index in [1.54, 1.807) is 6.07 Å². The summed E-state index contributed by atoms with van der Waals surface area (Å²) in [6, 6.07) is 13.8. The number of aromatic amines is 1. The maximum atomic E-state index is 13.3. The lowest BCUT2D eigenvalue weighted by Gasteiger charge is -2.00. The molecule has 2 aromatic carbocycles. The first-order valence-corrected chi connectivity index (χ1v) is 6.81. The van der Waals surface area contributed by atoms with Crippen LogP contribution >= 0.6 is 0 Å². The SMILES string of the molecule is CCc1ccc(-c2cc(-c3cc(F)ccc3O)n[nH]2)cc1. The fourth-order valence-electron chi connectivity index (χ4n) is 2.24. The topological polar surface area (TPSA) is 48.9 Å². The molecular weight excluding hydrogens is 267 g/mol. The van der Waals surface area contributed by atoms with E-state index in [0.29, 0.717) is 11.3 Å². The summed E-state index contributed by atoms with van der Waals surface area (Å²) in [5.74, 6) is -0.393. The van der Waals surface area contributed by atoms with E-state index in [4.69, 9.17) is 0 Å². The van der Waals surface area contributed by atoms with Gasteiger partial charge in [0.25, 0.3) is 0 Å². The highest BCUT2D eigenvalue weighted by Crippen LogP contribution is 2.30. The minimum absolute atomic E-state index is 0.00998. The molecule has 21 heavy (non-hydrogen) atoms. The van der Waals surface area contributed by atoms with Crippen LogP contribution in [0.3, 0.4) is 0 Å². The fraction of sp³-hybridized carbons (Fsp3) is 0.118. The van der Waals surface area contributed by atoms with Crippen LogP contribution in [0.5, 0.6) is 5.75 Å². The molecule has 0 saturated heterocycles. The molecular formula is C17H15FN2O. The first-order valence-electron chi connectivity index (χ1n) is 6.81. The number of aromatic nitrogens is 2. The van der Waals surface area contributed by atoms with E-state index >= 15 is 0 Å². The van der Waals surface area contributed by atoms with Crippen molar-refractivity contribution in [2.45, 2.75) is 13.3 Å². The van der Waals surface area contributed by atoms with Crippen LogP contribution in [0.25, 0.3) is 22.5 Å². The molecule has 2 N–H and O–H groups in total. The molecule has 3 nitrogen and oxygen atoms in total. The largest absolute Gasteiger partial charge is 0.507 e. The lowest BCUT2D eigenvalue weighted by atomic mass is 10.1. The van der Waals surface area contributed by atoms with Crippen LogP contribution in [0.4, 0.5) is 4.39 Å². The predicted molar refractivity (Wildman–Crippen MR) is 80.5 cm³/mol. The zero-order valence-corrected chi connectivity index (χ0v) is 11.6. The second kappa shape index (κ2) is 5.40. The van der Waals surface area contributed by atoms with Crippen molar-refractivity contribution in [3.63, 3.8) is 0 Å². The molecule has 0 aliphatic carbocycles. The number of phenols is 1. The van der Waals surface area contributed by atoms with Gasteiger partial charge in [-0.1, -0.05) is 31.2 Å². The van der Waals surface area contributed by atoms with Crippen molar-refractivity contribution in [1.29, 1.82) is 0 Å². The number of nitrogens with zero attached hydrogens (tertiary/aromatic N) is 1. The van der Waals surface area contributed by atoms with Gasteiger partial charge in [0, 0.05) is 5.56 Å². The van der Waals surface area contributed by atoms with Crippen LogP contribution in [0.2, 0.25) is 0 Å². The van der Waals surface area contributed by atoms with Crippen molar-refractivity contribution in [1.82, 2.24) is 10.2 Å². The molecule has 1 heterocycles. The van der Waals surface area contributed by atoms with E-state index in [0.717, 1.165) is 17.7 Å². The van der Waals surface area contributed by atoms with Crippen LogP contribution in [0.1, 0.15) is 12.5 Å². The predicted octanol–water partition coefficient (Wildman–Crippen LogP) is 4.15. The molecule has 1 aromatic heterocycles. The third-order valence-electron chi connectivity index (χ3n) is 3.49. The Morgan fingerprint density at radius 3 is 2.57 bits per heavy atom. The zero-order chi connectivity index (χ0) is 14.8. The van der Waals surface area contributed by atoms with Crippen molar-refractivity contribution < 1.29 is 9.50 Å². The van der Waals surface area contributed by atoms with E-state index in [9.17, 15) is 9.50 Å². The van der Waals surface area contributed by atoms with Crippen molar-refractivity contribution in [2.75, 3.05) is 0 Å². The molecule has 3 rings (SSSR count). The first-order chi connectivity index (χ1) is 10.2. The average Bonchev–Trinajstić information content (AvgIpc) is 2.99. The van der Waals surface area contributed by atoms with E-state index in [1.165, 1.54) is 23.8 Å². The molecule has 0 aliphatic rings. The molecule has 0 atom stereocenters. The summed E-state index contributed by atoms with van der Waals surface area (Å²) in [6.07, 6.45) is 0.992. The second-order valence-electron chi connectivity index (χ2n) is 4.88. The molecule has 0 aliphatic heterocycles. The second-order valence-corrected chi connectivity index (χ2v) is 4.88. The van der Waals surface area contributed by atoms with Crippen LogP contribution in [0.15, 0.2) is 48.5 Å². The smallest absolute Gasteiger partial charge is 0.125 e. The molecule has 0 unspecified atom stereocenters. The van der Waals surface area contributed by atoms with Gasteiger partial charge < -0.3 is 5.11 Å². The lowest BCUT2D eigenvalue weighted by molar-refractivity contribution is 0.475. The summed E-state index contributed by atoms with van der Waals surface area (Å²) in [7, 11) is 0. The van der Waals surface area contributed by atoms with Gasteiger partial charge in [-0.2, -0.15) is 5.10 Å². The Morgan fingerprint density at radius 2 is 1.86 bits per heavy atom. The first kappa shape index (κ1) is 13.4. The summed E-state index contributed by atoms with van der Waals surface area (Å²) >= 11 is 0. The summed E-state index contributed by atoms with van der Waals surface area (Å²) in [6.45, 7) is 2.11. The molecule has 0 spiro atoms. The Labute approximate surface area is 122 Å². The van der Waals surface area contributed by atoms with Gasteiger partial charge in [-0.05, 0) is 41.8 Å². The highest BCUT2D eigenvalue weighted by Gasteiger charge is 2.10. The van der Waals surface area contributed by atoms with Gasteiger partial charge in [0.1, 0.15) is 11.6 Å². The standard InChI is InChI=1S/C17H15FN2O/c1-2-11-3-5-12(6-4-11)15-10-16(20-19-15)14-9-13(18)7-8-17(14)21/h3-10,21H,2H2,1H3,(H,19,20). The third kappa shape index (κ3) is 2.65. The Balaban J connectivity index is 1.97. The normalized spacial score (nSPS) is 10.8. The molecule has 0 radical (unpaired) electrons. The van der Waals surface area contributed by atoms with Gasteiger partial charge in [0.05, 0.1) is 11.4 Å². The number of nitrogens with one attached hydrogen (secondary N) is 1. The van der Waals surface area contributed by atoms with Crippen LogP contribution in [-0.2, 0) is 6.42 Å². The Bertz CT molecular complexity index is 763. The minimum Gasteiger partial charge on any atom is -0.507 e. The molecule has 0 saturated carbocycles. The van der Waals surface area contributed by atoms with E-state index in [-0.39, 0.29) is 5.75 Å². The number of hydrogen-bond donors (Lipinski definition) is 2. The number of aromatic hydroxyl groups is 1. The van der Waals surface area contributed by atoms with Crippen LogP contribution in [-0.4, -0.2) is 15.3 Å². The molecule has 0 amide bonds. The van der Waals surface area contributed by atoms with E-state index < -0.39 is 5.82 Å². The maximum Gasteiger partial charge on any atom is 0.125 e. The van der Waals surface area contributed by atoms with Gasteiger partial charge in [0.15, 0.2) is 0 Å². The van der Waals surface area contributed by atoms with Gasteiger partial charge in [-0.15, -0.1) is 0 Å². The minimum atomic E-state index is -0.403. The number of halogens is 1. The average molecular weight is 282 g/mol. The molecule has 0 bridgehead atoms. The summed E-state index contributed by atoms with van der Waals surface area (Å²) in [5, 5.41) is 16.9. The monoisotopic (exact) mass is 282 g/mol. The van der Waals surface area contributed by atoms with Gasteiger partial charge in [0.2, 0.25) is 0 Å². The molecule has 4 heteroatoms. The number of hydrogen-bond acceptors (Lipinski definition) is 2. The summed E-state index contributed by atoms with van der Waals surface area (Å²) < 4.78 is 13.3. The quantitative estimate of drug-likeness (QED) is 0.758. The van der Waals surface area contributed by atoms with Gasteiger partial charge >= 0.3 is 0 Å². The summed E-state index contributed by atoms with van der Waals surface area (Å²) in [4.78, 5) is 0. The number of benzene rings is 2. The number of aryl methyl sites for hydroxylation is 1. The van der Waals surface area contributed by atoms with Crippen molar-refractivity contribution in [3.05, 3.63) is 59.9 Å². The maximum absolute atomic E-state index is 13.3. The highest BCUT2D eigenvalue weighted by molar-refractivity contribution is 5.72. The van der Waals surface area contributed by atoms with Gasteiger partial charge in [-0.3, -0.25) is 5.10 Å². The summed E-state index contributed by atoms with van der Waals surface area (Å²) in [5.41, 5.74) is 3.99. The van der Waals surface area contributed by atoms with Crippen molar-refractivity contribution in [3.8, 4) is 28.3 Å². The lowest BCUT2D eigenvalue weighted by Crippen LogP contribution is -1.81.